The highest BCUT2D eigenvalue weighted by molar-refractivity contribution is 9.10. The Bertz CT molecular complexity index is 1140. The predicted octanol–water partition coefficient (Wildman–Crippen LogP) is 3.32. The molecule has 9 heteroatoms. The van der Waals surface area contributed by atoms with Gasteiger partial charge < -0.3 is 24.2 Å². The van der Waals surface area contributed by atoms with Crippen LogP contribution in [0.2, 0.25) is 0 Å². The molecule has 2 aromatic carbocycles. The average Bonchev–Trinajstić information content (AvgIpc) is 3.42. The van der Waals surface area contributed by atoms with Crippen molar-refractivity contribution < 1.29 is 28.9 Å². The molecule has 0 aliphatic carbocycles. The van der Waals surface area contributed by atoms with Crippen molar-refractivity contribution in [3.8, 4) is 11.5 Å². The number of carbonyl (C=O) groups excluding carboxylic acids is 2. The Morgan fingerprint density at radius 1 is 1.03 bits per heavy atom. The first-order valence-electron chi connectivity index (χ1n) is 11.3. The summed E-state index contributed by atoms with van der Waals surface area (Å²) in [7, 11) is 0. The molecule has 1 atom stereocenters. The molecule has 0 spiro atoms. The van der Waals surface area contributed by atoms with Gasteiger partial charge in [-0.1, -0.05) is 28.1 Å². The van der Waals surface area contributed by atoms with Crippen LogP contribution in [0.1, 0.15) is 23.6 Å². The van der Waals surface area contributed by atoms with E-state index < -0.39 is 17.7 Å². The summed E-state index contributed by atoms with van der Waals surface area (Å²) >= 11 is 3.48. The van der Waals surface area contributed by atoms with Gasteiger partial charge in [0.1, 0.15) is 5.76 Å². The summed E-state index contributed by atoms with van der Waals surface area (Å²) in [5.74, 6) is -0.454. The van der Waals surface area contributed by atoms with Gasteiger partial charge in [-0.2, -0.15) is 0 Å². The van der Waals surface area contributed by atoms with Crippen LogP contribution in [0, 0.1) is 0 Å². The molecule has 3 aliphatic heterocycles. The number of ketones is 1. The Labute approximate surface area is 205 Å². The van der Waals surface area contributed by atoms with Crippen molar-refractivity contribution in [3.05, 3.63) is 63.6 Å². The van der Waals surface area contributed by atoms with Crippen LogP contribution in [-0.2, 0) is 14.3 Å². The molecule has 3 heterocycles. The monoisotopic (exact) mass is 528 g/mol. The maximum atomic E-state index is 13.2. The molecule has 34 heavy (non-hydrogen) atoms. The van der Waals surface area contributed by atoms with Crippen molar-refractivity contribution >= 4 is 33.4 Å². The molecule has 1 amide bonds. The summed E-state index contributed by atoms with van der Waals surface area (Å²) in [6.45, 7) is 4.44. The van der Waals surface area contributed by atoms with Crippen molar-refractivity contribution in [3.63, 3.8) is 0 Å². The number of benzene rings is 2. The zero-order valence-electron chi connectivity index (χ0n) is 18.5. The highest BCUT2D eigenvalue weighted by Gasteiger charge is 2.46. The van der Waals surface area contributed by atoms with E-state index in [0.29, 0.717) is 43.2 Å². The number of hydrogen-bond donors (Lipinski definition) is 1. The fourth-order valence-electron chi connectivity index (χ4n) is 4.62. The second-order valence-corrected chi connectivity index (χ2v) is 9.34. The number of Topliss-reactive ketones (excluding diaryl/α,β-unsaturated/α-hetero) is 1. The van der Waals surface area contributed by atoms with Crippen LogP contribution in [0.15, 0.2) is 52.5 Å². The minimum absolute atomic E-state index is 0.0772. The van der Waals surface area contributed by atoms with E-state index in [4.69, 9.17) is 14.2 Å². The molecule has 0 aromatic heterocycles. The minimum atomic E-state index is -0.688. The number of ether oxygens (including phenoxy) is 3. The van der Waals surface area contributed by atoms with Crippen LogP contribution in [0.5, 0.6) is 11.5 Å². The molecule has 2 aromatic rings. The first kappa shape index (κ1) is 22.9. The van der Waals surface area contributed by atoms with Crippen molar-refractivity contribution in [2.75, 3.05) is 46.2 Å². The summed E-state index contributed by atoms with van der Waals surface area (Å²) in [6.07, 6.45) is 0.710. The Morgan fingerprint density at radius 2 is 1.82 bits per heavy atom. The average molecular weight is 529 g/mol. The number of morpholine rings is 1. The lowest BCUT2D eigenvalue weighted by Crippen LogP contribution is -2.38. The lowest BCUT2D eigenvalue weighted by molar-refractivity contribution is -0.140. The molecular formula is C25H25BrN2O6. The molecular weight excluding hydrogens is 504 g/mol. The number of carbonyl (C=O) groups is 2. The third-order valence-corrected chi connectivity index (χ3v) is 6.82. The van der Waals surface area contributed by atoms with E-state index in [1.807, 2.05) is 24.3 Å². The largest absolute Gasteiger partial charge is 0.507 e. The van der Waals surface area contributed by atoms with Gasteiger partial charge in [-0.3, -0.25) is 14.5 Å². The highest BCUT2D eigenvalue weighted by atomic mass is 79.9. The number of nitrogens with zero attached hydrogens (tertiary/aromatic N) is 2. The van der Waals surface area contributed by atoms with Gasteiger partial charge in [-0.05, 0) is 42.3 Å². The zero-order valence-corrected chi connectivity index (χ0v) is 20.1. The van der Waals surface area contributed by atoms with Gasteiger partial charge in [-0.25, -0.2) is 0 Å². The van der Waals surface area contributed by atoms with E-state index in [0.717, 1.165) is 29.7 Å². The molecule has 2 saturated heterocycles. The zero-order chi connectivity index (χ0) is 23.7. The minimum Gasteiger partial charge on any atom is -0.507 e. The van der Waals surface area contributed by atoms with Gasteiger partial charge in [0.15, 0.2) is 11.5 Å². The number of rotatable bonds is 6. The molecule has 178 valence electrons. The SMILES string of the molecule is O=C1C(=O)N(CCCN2CCOCC2)[C@H](c2cccc(Br)c2)C1=C(O)c1ccc2c(c1)OCO2. The lowest BCUT2D eigenvalue weighted by atomic mass is 9.95. The Kier molecular flexibility index (Phi) is 6.58. The van der Waals surface area contributed by atoms with Crippen LogP contribution in [-0.4, -0.2) is 72.8 Å². The molecule has 0 saturated carbocycles. The fraction of sp³-hybridized carbons (Fsp3) is 0.360. The molecule has 5 rings (SSSR count). The second-order valence-electron chi connectivity index (χ2n) is 8.42. The van der Waals surface area contributed by atoms with E-state index >= 15 is 0 Å². The maximum absolute atomic E-state index is 13.2. The van der Waals surface area contributed by atoms with Crippen LogP contribution in [0.3, 0.4) is 0 Å². The van der Waals surface area contributed by atoms with Gasteiger partial charge in [0.2, 0.25) is 6.79 Å². The molecule has 0 radical (unpaired) electrons. The smallest absolute Gasteiger partial charge is 0.295 e. The fourth-order valence-corrected chi connectivity index (χ4v) is 5.04. The van der Waals surface area contributed by atoms with E-state index in [1.165, 1.54) is 0 Å². The summed E-state index contributed by atoms with van der Waals surface area (Å²) in [4.78, 5) is 30.2. The number of aliphatic hydroxyl groups excluding tert-OH is 1. The van der Waals surface area contributed by atoms with Crippen LogP contribution in [0.25, 0.3) is 5.76 Å². The standard InChI is InChI=1S/C25H25BrN2O6/c26-18-4-1-3-16(13-18)22-21(23(29)17-5-6-19-20(14-17)34-15-33-19)24(30)25(31)28(22)8-2-7-27-9-11-32-12-10-27/h1,3-6,13-14,22,29H,2,7-12,15H2/t22-/m1/s1. The van der Waals surface area contributed by atoms with Crippen LogP contribution >= 0.6 is 15.9 Å². The molecule has 8 nitrogen and oxygen atoms in total. The summed E-state index contributed by atoms with van der Waals surface area (Å²) in [5.41, 5.74) is 1.23. The summed E-state index contributed by atoms with van der Waals surface area (Å²) in [6, 6.07) is 11.8. The molecule has 2 fully saturated rings. The van der Waals surface area contributed by atoms with Crippen molar-refractivity contribution in [1.82, 2.24) is 9.80 Å². The quantitative estimate of drug-likeness (QED) is 0.349. The highest BCUT2D eigenvalue weighted by Crippen LogP contribution is 2.41. The topological polar surface area (TPSA) is 88.5 Å². The van der Waals surface area contributed by atoms with Gasteiger partial charge in [0, 0.05) is 36.2 Å². The number of halogens is 1. The van der Waals surface area contributed by atoms with E-state index in [1.54, 1.807) is 23.1 Å². The maximum Gasteiger partial charge on any atom is 0.295 e. The third-order valence-electron chi connectivity index (χ3n) is 6.33. The number of amides is 1. The molecule has 1 N–H and O–H groups in total. The van der Waals surface area contributed by atoms with Gasteiger partial charge >= 0.3 is 0 Å². The van der Waals surface area contributed by atoms with E-state index in [2.05, 4.69) is 20.8 Å². The molecule has 0 bridgehead atoms. The summed E-state index contributed by atoms with van der Waals surface area (Å²) < 4.78 is 17.0. The Hall–Kier alpha value is -2.88. The normalized spacial score (nSPS) is 21.9. The van der Waals surface area contributed by atoms with Crippen LogP contribution < -0.4 is 9.47 Å². The Morgan fingerprint density at radius 3 is 2.62 bits per heavy atom. The number of fused-ring (bicyclic) bond motifs is 1. The molecule has 0 unspecified atom stereocenters. The van der Waals surface area contributed by atoms with Gasteiger partial charge in [0.25, 0.3) is 11.7 Å². The predicted molar refractivity (Wildman–Crippen MR) is 128 cm³/mol. The first-order chi connectivity index (χ1) is 16.5. The Balaban J connectivity index is 1.48. The van der Waals surface area contributed by atoms with Crippen molar-refractivity contribution in [2.45, 2.75) is 12.5 Å². The number of hydrogen-bond acceptors (Lipinski definition) is 7. The van der Waals surface area contributed by atoms with Gasteiger partial charge in [-0.15, -0.1) is 0 Å². The second kappa shape index (κ2) is 9.77. The number of likely N-dealkylation sites (tertiary alicyclic amines) is 1. The number of aliphatic hydroxyl groups is 1. The third kappa shape index (κ3) is 4.43. The van der Waals surface area contributed by atoms with E-state index in [-0.39, 0.29) is 18.1 Å². The first-order valence-corrected chi connectivity index (χ1v) is 12.1. The summed E-state index contributed by atoms with van der Waals surface area (Å²) in [5, 5.41) is 11.2. The van der Waals surface area contributed by atoms with Gasteiger partial charge in [0.05, 0.1) is 24.8 Å². The lowest BCUT2D eigenvalue weighted by Gasteiger charge is -2.29. The molecule has 3 aliphatic rings. The van der Waals surface area contributed by atoms with Crippen LogP contribution in [0.4, 0.5) is 0 Å². The van der Waals surface area contributed by atoms with Crippen molar-refractivity contribution in [1.29, 1.82) is 0 Å². The van der Waals surface area contributed by atoms with E-state index in [9.17, 15) is 14.7 Å². The van der Waals surface area contributed by atoms with Crippen molar-refractivity contribution in [2.24, 2.45) is 0 Å².